The topological polar surface area (TPSA) is 96.5 Å². The molecule has 1 aliphatic rings. The van der Waals surface area contributed by atoms with Gasteiger partial charge in [-0.05, 0) is 60.5 Å². The van der Waals surface area contributed by atoms with Crippen molar-refractivity contribution in [2.75, 3.05) is 6.26 Å². The number of hydrogen-bond acceptors (Lipinski definition) is 7. The van der Waals surface area contributed by atoms with Crippen LogP contribution in [0.25, 0.3) is 39.4 Å². The predicted octanol–water partition coefficient (Wildman–Crippen LogP) is 7.22. The Kier molecular flexibility index (Phi) is 6.38. The zero-order valence-electron chi connectivity index (χ0n) is 22.5. The van der Waals surface area contributed by atoms with Crippen molar-refractivity contribution < 1.29 is 44.3 Å². The number of aromatic nitrogens is 3. The number of rotatable bonds is 5. The highest BCUT2D eigenvalue weighted by atomic mass is 32.2. The van der Waals surface area contributed by atoms with Crippen LogP contribution < -0.4 is 9.47 Å². The molecule has 1 aliphatic heterocycles. The van der Waals surface area contributed by atoms with Crippen LogP contribution in [0.2, 0.25) is 0 Å². The number of alkyl halides is 5. The van der Waals surface area contributed by atoms with E-state index >= 15 is 0 Å². The molecule has 0 N–H and O–H groups in total. The van der Waals surface area contributed by atoms with Gasteiger partial charge < -0.3 is 18.5 Å². The first-order valence-electron chi connectivity index (χ1n) is 12.6. The Morgan fingerprint density at radius 3 is 2.26 bits per heavy atom. The Balaban J connectivity index is 1.57. The van der Waals surface area contributed by atoms with Crippen molar-refractivity contribution in [2.45, 2.75) is 31.2 Å². The van der Waals surface area contributed by atoms with Gasteiger partial charge in [-0.25, -0.2) is 18.4 Å². The van der Waals surface area contributed by atoms with E-state index in [1.54, 1.807) is 37.3 Å². The van der Waals surface area contributed by atoms with Gasteiger partial charge in [-0.1, -0.05) is 18.2 Å². The van der Waals surface area contributed by atoms with E-state index in [1.165, 1.54) is 41.8 Å². The Morgan fingerprint density at radius 1 is 0.860 bits per heavy atom. The molecule has 3 aromatic carbocycles. The van der Waals surface area contributed by atoms with Crippen LogP contribution in [0.5, 0.6) is 11.5 Å². The summed E-state index contributed by atoms with van der Waals surface area (Å²) < 4.78 is 109. The van der Waals surface area contributed by atoms with Crippen LogP contribution in [0.15, 0.2) is 76.2 Å². The third kappa shape index (κ3) is 5.33. The lowest BCUT2D eigenvalue weighted by Gasteiger charge is -2.14. The number of hydrogen-bond donors (Lipinski definition) is 0. The largest absolute Gasteiger partial charge is 0.586 e. The lowest BCUT2D eigenvalue weighted by Crippen LogP contribution is -2.25. The number of aryl methyl sites for hydroxylation is 2. The van der Waals surface area contributed by atoms with Gasteiger partial charge in [-0.3, -0.25) is 0 Å². The summed E-state index contributed by atoms with van der Waals surface area (Å²) in [5.41, 5.74) is 0.937. The van der Waals surface area contributed by atoms with E-state index in [-0.39, 0.29) is 50.8 Å². The van der Waals surface area contributed by atoms with E-state index < -0.39 is 28.0 Å². The monoisotopic (exact) mass is 617 g/mol. The molecule has 0 unspecified atom stereocenters. The van der Waals surface area contributed by atoms with E-state index in [1.807, 2.05) is 0 Å². The van der Waals surface area contributed by atoms with Crippen molar-refractivity contribution in [1.29, 1.82) is 0 Å². The summed E-state index contributed by atoms with van der Waals surface area (Å²) in [7, 11) is -3.54. The number of sulfone groups is 1. The highest BCUT2D eigenvalue weighted by Gasteiger charge is 2.43. The van der Waals surface area contributed by atoms with Gasteiger partial charge in [-0.2, -0.15) is 13.2 Å². The third-order valence-corrected chi connectivity index (χ3v) is 7.79. The maximum Gasteiger partial charge on any atom is 0.586 e. The van der Waals surface area contributed by atoms with Gasteiger partial charge in [0.25, 0.3) is 0 Å². The highest BCUT2D eigenvalue weighted by Crippen LogP contribution is 2.45. The summed E-state index contributed by atoms with van der Waals surface area (Å²) in [6.07, 6.45) is -6.62. The molecule has 0 saturated carbocycles. The van der Waals surface area contributed by atoms with Gasteiger partial charge in [0.1, 0.15) is 11.5 Å². The molecule has 3 heterocycles. The van der Waals surface area contributed by atoms with Gasteiger partial charge in [0, 0.05) is 30.5 Å². The molecule has 6 rings (SSSR count). The number of imidazole rings is 1. The zero-order valence-corrected chi connectivity index (χ0v) is 23.3. The summed E-state index contributed by atoms with van der Waals surface area (Å²) in [5.74, 6) is -0.0928. The minimum absolute atomic E-state index is 0.0310. The van der Waals surface area contributed by atoms with Crippen LogP contribution in [0.3, 0.4) is 0 Å². The number of halogens is 5. The van der Waals surface area contributed by atoms with Crippen LogP contribution in [0.4, 0.5) is 22.0 Å². The van der Waals surface area contributed by atoms with E-state index in [9.17, 15) is 30.4 Å². The molecule has 14 heteroatoms. The standard InChI is InChI=1S/C29H20F5N3O5S/c1-15-35-25(28(30,31)32)14-37(15)22-9-7-18(17-5-4-6-20(11-17)43(3,38)39)12-21(22)27-26(36-16(2)40-27)19-8-10-23-24(13-19)42-29(33,34)41-23/h4-14H,1-3H3. The molecular formula is C29H20F5N3O5S. The van der Waals surface area contributed by atoms with Gasteiger partial charge in [-0.15, -0.1) is 8.78 Å². The van der Waals surface area contributed by atoms with Crippen molar-refractivity contribution in [1.82, 2.24) is 14.5 Å². The Bertz CT molecular complexity index is 2020. The summed E-state index contributed by atoms with van der Waals surface area (Å²) in [5, 5.41) is 0. The smallest absolute Gasteiger partial charge is 0.440 e. The molecule has 2 aromatic heterocycles. The fraction of sp³-hybridized carbons (Fsp3) is 0.172. The lowest BCUT2D eigenvalue weighted by atomic mass is 9.98. The second-order valence-electron chi connectivity index (χ2n) is 9.81. The predicted molar refractivity (Wildman–Crippen MR) is 144 cm³/mol. The van der Waals surface area contributed by atoms with E-state index in [4.69, 9.17) is 4.42 Å². The van der Waals surface area contributed by atoms with Gasteiger partial charge >= 0.3 is 12.5 Å². The molecule has 0 amide bonds. The fourth-order valence-electron chi connectivity index (χ4n) is 4.77. The molecule has 5 aromatic rings. The number of oxazole rings is 1. The molecule has 8 nitrogen and oxygen atoms in total. The minimum atomic E-state index is -4.70. The molecule has 0 atom stereocenters. The number of fused-ring (bicyclic) bond motifs is 1. The number of ether oxygens (including phenoxy) is 2. The molecule has 0 radical (unpaired) electrons. The second kappa shape index (κ2) is 9.66. The van der Waals surface area contributed by atoms with Crippen LogP contribution in [0.1, 0.15) is 17.4 Å². The first kappa shape index (κ1) is 28.4. The summed E-state index contributed by atoms with van der Waals surface area (Å²) >= 11 is 0. The first-order chi connectivity index (χ1) is 20.1. The SMILES string of the molecule is Cc1nc(-c2ccc3c(c2)OC(F)(F)O3)c(-c2cc(-c3cccc(S(C)(=O)=O)c3)ccc2-n2cc(C(F)(F)F)nc2C)o1. The molecule has 43 heavy (non-hydrogen) atoms. The zero-order chi connectivity index (χ0) is 30.9. The maximum absolute atomic E-state index is 13.7. The average molecular weight is 618 g/mol. The van der Waals surface area contributed by atoms with E-state index in [0.717, 1.165) is 12.5 Å². The normalized spacial score (nSPS) is 14.3. The molecular weight excluding hydrogens is 597 g/mol. The van der Waals surface area contributed by atoms with Crippen molar-refractivity contribution in [3.8, 4) is 50.9 Å². The molecule has 222 valence electrons. The summed E-state index contributed by atoms with van der Waals surface area (Å²) in [4.78, 5) is 8.18. The molecule has 0 saturated heterocycles. The van der Waals surface area contributed by atoms with Crippen molar-refractivity contribution >= 4 is 9.84 Å². The lowest BCUT2D eigenvalue weighted by molar-refractivity contribution is -0.286. The molecule has 0 fully saturated rings. The summed E-state index contributed by atoms with van der Waals surface area (Å²) in [6.45, 7) is 2.96. The van der Waals surface area contributed by atoms with Crippen molar-refractivity contribution in [3.05, 3.63) is 84.3 Å². The Morgan fingerprint density at radius 2 is 1.56 bits per heavy atom. The van der Waals surface area contributed by atoms with Crippen molar-refractivity contribution in [3.63, 3.8) is 0 Å². The molecule has 0 spiro atoms. The number of nitrogens with zero attached hydrogens (tertiary/aromatic N) is 3. The highest BCUT2D eigenvalue weighted by molar-refractivity contribution is 7.90. The first-order valence-corrected chi connectivity index (χ1v) is 14.4. The van der Waals surface area contributed by atoms with E-state index in [2.05, 4.69) is 19.4 Å². The quantitative estimate of drug-likeness (QED) is 0.192. The average Bonchev–Trinajstić information content (AvgIpc) is 3.60. The molecule has 0 aliphatic carbocycles. The maximum atomic E-state index is 13.7. The third-order valence-electron chi connectivity index (χ3n) is 6.68. The Labute approximate surface area is 241 Å². The fourth-order valence-corrected chi connectivity index (χ4v) is 5.44. The van der Waals surface area contributed by atoms with Gasteiger partial charge in [0.05, 0.1) is 10.6 Å². The van der Waals surface area contributed by atoms with Crippen LogP contribution in [0, 0.1) is 13.8 Å². The molecule has 0 bridgehead atoms. The van der Waals surface area contributed by atoms with Gasteiger partial charge in [0.2, 0.25) is 0 Å². The number of benzene rings is 3. The second-order valence-corrected chi connectivity index (χ2v) is 11.8. The van der Waals surface area contributed by atoms with E-state index in [0.29, 0.717) is 16.7 Å². The van der Waals surface area contributed by atoms with Crippen LogP contribution in [-0.4, -0.2) is 35.5 Å². The van der Waals surface area contributed by atoms with Crippen LogP contribution >= 0.6 is 0 Å². The Hall–Kier alpha value is -4.72. The summed E-state index contributed by atoms with van der Waals surface area (Å²) in [6, 6.07) is 15.0. The minimum Gasteiger partial charge on any atom is -0.440 e. The van der Waals surface area contributed by atoms with Crippen LogP contribution in [-0.2, 0) is 16.0 Å². The van der Waals surface area contributed by atoms with Gasteiger partial charge in [0.15, 0.2) is 38.7 Å². The van der Waals surface area contributed by atoms with Crippen molar-refractivity contribution in [2.24, 2.45) is 0 Å².